The summed E-state index contributed by atoms with van der Waals surface area (Å²) >= 11 is 7.85. The van der Waals surface area contributed by atoms with Gasteiger partial charge in [0.15, 0.2) is 0 Å². The lowest BCUT2D eigenvalue weighted by Gasteiger charge is -2.14. The number of hydrogen-bond donors (Lipinski definition) is 0. The minimum absolute atomic E-state index is 0.771. The number of rotatable bonds is 0. The van der Waals surface area contributed by atoms with E-state index in [9.17, 15) is 0 Å². The molecule has 0 saturated heterocycles. The summed E-state index contributed by atoms with van der Waals surface area (Å²) in [5, 5.41) is 5.25. The van der Waals surface area contributed by atoms with E-state index in [-0.39, 0.29) is 0 Å². The van der Waals surface area contributed by atoms with Crippen molar-refractivity contribution in [1.29, 1.82) is 0 Å². The number of fused-ring (bicyclic) bond motifs is 3. The summed E-state index contributed by atoms with van der Waals surface area (Å²) in [7, 11) is 1.95. The number of thioether (sulfide) groups is 1. The summed E-state index contributed by atoms with van der Waals surface area (Å²) in [4.78, 5) is 1.27. The molecule has 1 aliphatic heterocycles. The Kier molecular flexibility index (Phi) is 2.04. The summed E-state index contributed by atoms with van der Waals surface area (Å²) in [5.74, 6) is 0.998. The van der Waals surface area contributed by atoms with E-state index < -0.39 is 0 Å². The van der Waals surface area contributed by atoms with Crippen LogP contribution in [0.15, 0.2) is 29.3 Å². The average Bonchev–Trinajstić information content (AvgIpc) is 2.58. The van der Waals surface area contributed by atoms with Gasteiger partial charge in [0.1, 0.15) is 0 Å². The highest BCUT2D eigenvalue weighted by Gasteiger charge is 2.19. The van der Waals surface area contributed by atoms with Gasteiger partial charge in [0, 0.05) is 40.0 Å². The molecule has 0 fully saturated rings. The van der Waals surface area contributed by atoms with E-state index in [2.05, 4.69) is 17.4 Å². The highest BCUT2D eigenvalue weighted by Crippen LogP contribution is 2.41. The van der Waals surface area contributed by atoms with Crippen molar-refractivity contribution in [1.82, 2.24) is 9.78 Å². The molecule has 0 unspecified atom stereocenters. The lowest BCUT2D eigenvalue weighted by Crippen LogP contribution is -1.94. The molecule has 0 aliphatic carbocycles. The molecule has 4 heteroatoms. The van der Waals surface area contributed by atoms with Gasteiger partial charge in [-0.25, -0.2) is 0 Å². The lowest BCUT2D eigenvalue weighted by atomic mass is 10.1. The normalized spacial score (nSPS) is 13.5. The van der Waals surface area contributed by atoms with Crippen LogP contribution in [0, 0.1) is 0 Å². The molecule has 0 spiro atoms. The van der Waals surface area contributed by atoms with E-state index in [1.165, 1.54) is 10.5 Å². The van der Waals surface area contributed by atoms with E-state index >= 15 is 0 Å². The Hall–Kier alpha value is -0.930. The van der Waals surface area contributed by atoms with Crippen LogP contribution in [0.5, 0.6) is 0 Å². The van der Waals surface area contributed by atoms with Crippen LogP contribution < -0.4 is 0 Å². The van der Waals surface area contributed by atoms with Crippen LogP contribution in [0.1, 0.15) is 5.56 Å². The first kappa shape index (κ1) is 9.31. The quantitative estimate of drug-likeness (QED) is 0.698. The van der Waals surface area contributed by atoms with E-state index in [0.29, 0.717) is 0 Å². The zero-order valence-corrected chi connectivity index (χ0v) is 9.77. The van der Waals surface area contributed by atoms with Crippen molar-refractivity contribution in [3.63, 3.8) is 0 Å². The summed E-state index contributed by atoms with van der Waals surface area (Å²) in [6.07, 6.45) is 2.08. The van der Waals surface area contributed by atoms with Gasteiger partial charge >= 0.3 is 0 Å². The fraction of sp³-hybridized carbons (Fsp3) is 0.182. The Bertz CT molecular complexity index is 533. The van der Waals surface area contributed by atoms with E-state index in [1.807, 2.05) is 35.6 Å². The van der Waals surface area contributed by atoms with Gasteiger partial charge in [0.05, 0.1) is 5.69 Å². The van der Waals surface area contributed by atoms with Gasteiger partial charge in [-0.2, -0.15) is 5.10 Å². The molecule has 1 aliphatic rings. The fourth-order valence-electron chi connectivity index (χ4n) is 1.84. The molecule has 76 valence electrons. The first-order valence-corrected chi connectivity index (χ1v) is 6.05. The molecule has 3 rings (SSSR count). The molecule has 0 radical (unpaired) electrons. The third-order valence-corrected chi connectivity index (χ3v) is 3.84. The van der Waals surface area contributed by atoms with Gasteiger partial charge in [-0.15, -0.1) is 11.8 Å². The second-order valence-corrected chi connectivity index (χ2v) is 5.06. The summed E-state index contributed by atoms with van der Waals surface area (Å²) < 4.78 is 1.86. The molecule has 15 heavy (non-hydrogen) atoms. The molecular weight excluding hydrogens is 228 g/mol. The van der Waals surface area contributed by atoms with Gasteiger partial charge in [0.2, 0.25) is 0 Å². The van der Waals surface area contributed by atoms with Gasteiger partial charge in [-0.1, -0.05) is 11.6 Å². The molecule has 0 saturated carbocycles. The van der Waals surface area contributed by atoms with Crippen LogP contribution in [0.3, 0.4) is 0 Å². The second kappa shape index (κ2) is 3.29. The number of aromatic nitrogens is 2. The van der Waals surface area contributed by atoms with Gasteiger partial charge in [-0.05, 0) is 18.2 Å². The molecule has 0 amide bonds. The Labute approximate surface area is 97.2 Å². The Morgan fingerprint density at radius 1 is 1.47 bits per heavy atom. The third-order valence-electron chi connectivity index (χ3n) is 2.48. The topological polar surface area (TPSA) is 17.8 Å². The standard InChI is InChI=1S/C11H9ClN2S/c1-14-5-7-6-15-10-3-2-8(12)4-9(10)11(7)13-14/h2-5H,6H2,1H3. The van der Waals surface area contributed by atoms with Crippen LogP contribution in [0.25, 0.3) is 11.3 Å². The summed E-state index contributed by atoms with van der Waals surface area (Å²) in [6.45, 7) is 0. The first-order valence-electron chi connectivity index (χ1n) is 4.69. The molecule has 0 atom stereocenters. The monoisotopic (exact) mass is 236 g/mol. The predicted octanol–water partition coefficient (Wildman–Crippen LogP) is 3.35. The molecule has 0 bridgehead atoms. The lowest BCUT2D eigenvalue weighted by molar-refractivity contribution is 0.770. The Morgan fingerprint density at radius 2 is 2.33 bits per heavy atom. The second-order valence-electron chi connectivity index (χ2n) is 3.61. The minimum Gasteiger partial charge on any atom is -0.275 e. The molecule has 0 N–H and O–H groups in total. The van der Waals surface area contributed by atoms with Gasteiger partial charge < -0.3 is 0 Å². The van der Waals surface area contributed by atoms with Crippen LogP contribution in [-0.4, -0.2) is 9.78 Å². The average molecular weight is 237 g/mol. The van der Waals surface area contributed by atoms with Crippen molar-refractivity contribution in [3.05, 3.63) is 35.0 Å². The fourth-order valence-corrected chi connectivity index (χ4v) is 3.01. The van der Waals surface area contributed by atoms with Gasteiger partial charge in [-0.3, -0.25) is 4.68 Å². The van der Waals surface area contributed by atoms with Crippen molar-refractivity contribution in [2.75, 3.05) is 0 Å². The molecular formula is C11H9ClN2S. The Morgan fingerprint density at radius 3 is 3.20 bits per heavy atom. The van der Waals surface area contributed by atoms with Crippen LogP contribution in [0.2, 0.25) is 5.02 Å². The van der Waals surface area contributed by atoms with Crippen LogP contribution in [0.4, 0.5) is 0 Å². The van der Waals surface area contributed by atoms with Crippen molar-refractivity contribution >= 4 is 23.4 Å². The first-order chi connectivity index (χ1) is 7.24. The minimum atomic E-state index is 0.771. The number of nitrogens with zero attached hydrogens (tertiary/aromatic N) is 2. The zero-order valence-electron chi connectivity index (χ0n) is 8.20. The summed E-state index contributed by atoms with van der Waals surface area (Å²) in [6, 6.07) is 6.00. The van der Waals surface area contributed by atoms with Crippen molar-refractivity contribution < 1.29 is 0 Å². The highest BCUT2D eigenvalue weighted by molar-refractivity contribution is 7.98. The largest absolute Gasteiger partial charge is 0.275 e. The number of hydrogen-bond acceptors (Lipinski definition) is 2. The molecule has 1 aromatic heterocycles. The van der Waals surface area contributed by atoms with E-state index in [0.717, 1.165) is 22.0 Å². The number of halogens is 1. The molecule has 1 aromatic carbocycles. The molecule has 2 nitrogen and oxygen atoms in total. The number of aryl methyl sites for hydroxylation is 1. The summed E-state index contributed by atoms with van der Waals surface area (Å²) in [5.41, 5.74) is 3.53. The van der Waals surface area contributed by atoms with Crippen molar-refractivity contribution in [2.24, 2.45) is 7.05 Å². The zero-order chi connectivity index (χ0) is 10.4. The van der Waals surface area contributed by atoms with E-state index in [1.54, 1.807) is 0 Å². The SMILES string of the molecule is Cn1cc2c(n1)-c1cc(Cl)ccc1SC2. The molecule has 2 aromatic rings. The highest BCUT2D eigenvalue weighted by atomic mass is 35.5. The maximum atomic E-state index is 6.01. The third kappa shape index (κ3) is 1.46. The van der Waals surface area contributed by atoms with Crippen LogP contribution in [-0.2, 0) is 12.8 Å². The maximum absolute atomic E-state index is 6.01. The number of benzene rings is 1. The molecule has 2 heterocycles. The maximum Gasteiger partial charge on any atom is 0.0975 e. The Balaban J connectivity index is 2.27. The van der Waals surface area contributed by atoms with E-state index in [4.69, 9.17) is 11.6 Å². The predicted molar refractivity (Wildman–Crippen MR) is 63.2 cm³/mol. The van der Waals surface area contributed by atoms with Crippen molar-refractivity contribution in [2.45, 2.75) is 10.6 Å². The smallest absolute Gasteiger partial charge is 0.0975 e. The van der Waals surface area contributed by atoms with Crippen LogP contribution >= 0.6 is 23.4 Å². The van der Waals surface area contributed by atoms with Gasteiger partial charge in [0.25, 0.3) is 0 Å². The van der Waals surface area contributed by atoms with Crippen molar-refractivity contribution in [3.8, 4) is 11.3 Å².